The van der Waals surface area contributed by atoms with Crippen LogP contribution in [0.5, 0.6) is 5.75 Å². The van der Waals surface area contributed by atoms with Crippen molar-refractivity contribution in [1.29, 1.82) is 0 Å². The van der Waals surface area contributed by atoms with E-state index in [0.29, 0.717) is 22.4 Å². The highest BCUT2D eigenvalue weighted by Gasteiger charge is 2.25. The average molecular weight is 441 g/mol. The van der Waals surface area contributed by atoms with Crippen molar-refractivity contribution in [2.45, 2.75) is 13.8 Å². The largest absolute Gasteiger partial charge is 0.494 e. The predicted molar refractivity (Wildman–Crippen MR) is 125 cm³/mol. The predicted octanol–water partition coefficient (Wildman–Crippen LogP) is 4.90. The first-order chi connectivity index (χ1) is 14.6. The van der Waals surface area contributed by atoms with E-state index in [-0.39, 0.29) is 5.91 Å². The lowest BCUT2D eigenvalue weighted by Crippen LogP contribution is -2.38. The summed E-state index contributed by atoms with van der Waals surface area (Å²) in [6.45, 7) is 7.47. The smallest absolute Gasteiger partial charge is 0.289 e. The van der Waals surface area contributed by atoms with Crippen LogP contribution >= 0.6 is 22.7 Å². The van der Waals surface area contributed by atoms with Crippen molar-refractivity contribution in [2.24, 2.45) is 0 Å². The average Bonchev–Trinajstić information content (AvgIpc) is 3.40. The van der Waals surface area contributed by atoms with Crippen LogP contribution in [0.4, 0.5) is 5.13 Å². The molecule has 4 aromatic rings. The molecule has 0 atom stereocenters. The molecule has 156 valence electrons. The topological polar surface area (TPSA) is 58.6 Å². The Kier molecular flexibility index (Phi) is 6.26. The minimum Gasteiger partial charge on any atom is -0.494 e. The summed E-state index contributed by atoms with van der Waals surface area (Å²) >= 11 is 2.93. The molecule has 0 saturated heterocycles. The summed E-state index contributed by atoms with van der Waals surface area (Å²) in [5.41, 5.74) is 1.63. The van der Waals surface area contributed by atoms with Gasteiger partial charge >= 0.3 is 0 Å². The number of ether oxygens (including phenoxy) is 1. The second kappa shape index (κ2) is 9.07. The van der Waals surface area contributed by atoms with E-state index in [0.717, 1.165) is 40.1 Å². The third kappa shape index (κ3) is 4.03. The number of para-hydroxylation sites is 2. The van der Waals surface area contributed by atoms with Gasteiger partial charge in [0, 0.05) is 13.1 Å². The Labute approximate surface area is 183 Å². The van der Waals surface area contributed by atoms with Gasteiger partial charge in [-0.3, -0.25) is 9.69 Å². The number of rotatable bonds is 8. The van der Waals surface area contributed by atoms with E-state index in [1.165, 1.54) is 22.7 Å². The van der Waals surface area contributed by atoms with Crippen LogP contribution in [0.15, 0.2) is 42.5 Å². The quantitative estimate of drug-likeness (QED) is 0.390. The molecule has 0 saturated carbocycles. The number of fused-ring (bicyclic) bond motifs is 2. The van der Waals surface area contributed by atoms with Crippen molar-refractivity contribution in [3.05, 3.63) is 47.5 Å². The fourth-order valence-corrected chi connectivity index (χ4v) is 5.26. The van der Waals surface area contributed by atoms with E-state index >= 15 is 0 Å². The van der Waals surface area contributed by atoms with E-state index < -0.39 is 0 Å². The molecule has 0 unspecified atom stereocenters. The second-order valence-electron chi connectivity index (χ2n) is 6.77. The molecule has 6 nitrogen and oxygen atoms in total. The number of benzene rings is 2. The highest BCUT2D eigenvalue weighted by atomic mass is 32.1. The first-order valence-electron chi connectivity index (χ1n) is 9.98. The van der Waals surface area contributed by atoms with E-state index in [2.05, 4.69) is 23.7 Å². The van der Waals surface area contributed by atoms with Gasteiger partial charge < -0.3 is 9.64 Å². The monoisotopic (exact) mass is 440 g/mol. The molecular formula is C22H24N4O2S2. The molecule has 30 heavy (non-hydrogen) atoms. The molecule has 0 aliphatic carbocycles. The van der Waals surface area contributed by atoms with Gasteiger partial charge in [0.2, 0.25) is 0 Å². The van der Waals surface area contributed by atoms with Gasteiger partial charge in [-0.1, -0.05) is 43.4 Å². The number of amides is 1. The molecule has 0 fully saturated rings. The lowest BCUT2D eigenvalue weighted by Gasteiger charge is -2.24. The Bertz CT molecular complexity index is 1130. The first-order valence-corrected chi connectivity index (χ1v) is 11.6. The van der Waals surface area contributed by atoms with Crippen LogP contribution < -0.4 is 9.64 Å². The number of nitrogens with zero attached hydrogens (tertiary/aromatic N) is 4. The molecule has 0 N–H and O–H groups in total. The van der Waals surface area contributed by atoms with Crippen LogP contribution in [0.2, 0.25) is 0 Å². The molecule has 0 radical (unpaired) electrons. The number of hydrogen-bond donors (Lipinski definition) is 0. The standard InChI is InChI=1S/C22H24N4O2S2/c1-4-25(5-2)13-14-26(21(27)20-23-15-9-6-7-11-17(15)29-20)22-24-19-16(28-3)10-8-12-18(19)30-22/h6-12H,4-5,13-14H2,1-3H3. The first kappa shape index (κ1) is 20.7. The zero-order valence-electron chi connectivity index (χ0n) is 17.3. The SMILES string of the molecule is CCN(CC)CCN(C(=O)c1nc2ccccc2s1)c1nc2c(OC)cccc2s1. The third-order valence-electron chi connectivity index (χ3n) is 5.08. The molecule has 4 rings (SSSR count). The molecular weight excluding hydrogens is 416 g/mol. The molecule has 0 bridgehead atoms. The van der Waals surface area contributed by atoms with Crippen molar-refractivity contribution in [3.63, 3.8) is 0 Å². The second-order valence-corrected chi connectivity index (χ2v) is 8.81. The van der Waals surface area contributed by atoms with Gasteiger partial charge in [0.05, 0.1) is 22.0 Å². The van der Waals surface area contributed by atoms with Crippen LogP contribution in [0.3, 0.4) is 0 Å². The van der Waals surface area contributed by atoms with Gasteiger partial charge in [-0.2, -0.15) is 0 Å². The maximum absolute atomic E-state index is 13.5. The van der Waals surface area contributed by atoms with Crippen molar-refractivity contribution in [3.8, 4) is 5.75 Å². The summed E-state index contributed by atoms with van der Waals surface area (Å²) in [5.74, 6) is 0.604. The zero-order valence-corrected chi connectivity index (χ0v) is 18.9. The number of carbonyl (C=O) groups is 1. The number of thiazole rings is 2. The van der Waals surface area contributed by atoms with Gasteiger partial charge in [0.15, 0.2) is 10.1 Å². The van der Waals surface area contributed by atoms with Gasteiger partial charge in [-0.25, -0.2) is 9.97 Å². The van der Waals surface area contributed by atoms with Crippen LogP contribution in [0, 0.1) is 0 Å². The Morgan fingerprint density at radius 1 is 0.967 bits per heavy atom. The minimum atomic E-state index is -0.110. The van der Waals surface area contributed by atoms with Crippen molar-refractivity contribution < 1.29 is 9.53 Å². The Balaban J connectivity index is 1.72. The molecule has 2 aromatic carbocycles. The Morgan fingerprint density at radius 3 is 2.47 bits per heavy atom. The normalized spacial score (nSPS) is 11.5. The lowest BCUT2D eigenvalue weighted by molar-refractivity contribution is 0.0983. The molecule has 0 aliphatic rings. The van der Waals surface area contributed by atoms with E-state index in [4.69, 9.17) is 9.72 Å². The van der Waals surface area contributed by atoms with Crippen LogP contribution in [0.1, 0.15) is 23.6 Å². The summed E-state index contributed by atoms with van der Waals surface area (Å²) in [5, 5.41) is 1.16. The molecule has 0 spiro atoms. The molecule has 2 aromatic heterocycles. The molecule has 0 aliphatic heterocycles. The summed E-state index contributed by atoms with van der Waals surface area (Å²) in [6, 6.07) is 13.7. The van der Waals surface area contributed by atoms with Gasteiger partial charge in [0.1, 0.15) is 11.3 Å². The highest BCUT2D eigenvalue weighted by Crippen LogP contribution is 2.35. The number of methoxy groups -OCH3 is 1. The third-order valence-corrected chi connectivity index (χ3v) is 7.15. The van der Waals surface area contributed by atoms with E-state index in [1.807, 2.05) is 42.5 Å². The van der Waals surface area contributed by atoms with Gasteiger partial charge in [0.25, 0.3) is 5.91 Å². The number of carbonyl (C=O) groups excluding carboxylic acids is 1. The van der Waals surface area contributed by atoms with E-state index in [1.54, 1.807) is 12.0 Å². The summed E-state index contributed by atoms with van der Waals surface area (Å²) in [7, 11) is 1.64. The van der Waals surface area contributed by atoms with Crippen molar-refractivity contribution >= 4 is 54.1 Å². The molecule has 1 amide bonds. The highest BCUT2D eigenvalue weighted by molar-refractivity contribution is 7.23. The fraction of sp³-hybridized carbons (Fsp3) is 0.318. The van der Waals surface area contributed by atoms with Gasteiger partial charge in [-0.05, 0) is 37.4 Å². The van der Waals surface area contributed by atoms with E-state index in [9.17, 15) is 4.79 Å². The Hall–Kier alpha value is -2.55. The minimum absolute atomic E-state index is 0.110. The number of likely N-dealkylation sites (N-methyl/N-ethyl adjacent to an activating group) is 1. The maximum atomic E-state index is 13.5. The fourth-order valence-electron chi connectivity index (χ4n) is 3.34. The number of hydrogen-bond acceptors (Lipinski definition) is 7. The van der Waals surface area contributed by atoms with Crippen LogP contribution in [-0.4, -0.2) is 54.1 Å². The lowest BCUT2D eigenvalue weighted by atomic mass is 10.3. The van der Waals surface area contributed by atoms with Crippen LogP contribution in [-0.2, 0) is 0 Å². The molecule has 2 heterocycles. The summed E-state index contributed by atoms with van der Waals surface area (Å²) in [6.07, 6.45) is 0. The zero-order chi connectivity index (χ0) is 21.1. The maximum Gasteiger partial charge on any atom is 0.289 e. The van der Waals surface area contributed by atoms with Crippen molar-refractivity contribution in [2.75, 3.05) is 38.2 Å². The Morgan fingerprint density at radius 2 is 1.73 bits per heavy atom. The number of aromatic nitrogens is 2. The summed E-state index contributed by atoms with van der Waals surface area (Å²) < 4.78 is 7.47. The van der Waals surface area contributed by atoms with Crippen LogP contribution in [0.25, 0.3) is 20.4 Å². The van der Waals surface area contributed by atoms with Gasteiger partial charge in [-0.15, -0.1) is 11.3 Å². The van der Waals surface area contributed by atoms with Crippen molar-refractivity contribution in [1.82, 2.24) is 14.9 Å². The summed E-state index contributed by atoms with van der Waals surface area (Å²) in [4.78, 5) is 26.9. The number of anilines is 1. The molecule has 8 heteroatoms.